The number of amides is 2. The number of benzene rings is 1. The fraction of sp³-hybridized carbons (Fsp3) is 0.182. The first-order valence-electron chi connectivity index (χ1n) is 5.20. The second-order valence-electron chi connectivity index (χ2n) is 3.48. The zero-order chi connectivity index (χ0) is 13.0. The summed E-state index contributed by atoms with van der Waals surface area (Å²) < 4.78 is 4.06. The lowest BCUT2D eigenvalue weighted by Crippen LogP contribution is -2.19. The van der Waals surface area contributed by atoms with E-state index < -0.39 is 0 Å². The molecule has 1 heterocycles. The summed E-state index contributed by atoms with van der Waals surface area (Å²) in [5.41, 5.74) is 1.79. The molecule has 0 spiro atoms. The minimum absolute atomic E-state index is 0.312. The number of carbonyl (C=O) groups excluding carboxylic acids is 1. The van der Waals surface area contributed by atoms with Crippen LogP contribution in [0.25, 0.3) is 0 Å². The van der Waals surface area contributed by atoms with E-state index in [-0.39, 0.29) is 6.03 Å². The predicted octanol–water partition coefficient (Wildman–Crippen LogP) is 3.21. The molecule has 0 fully saturated rings. The zero-order valence-electron chi connectivity index (χ0n) is 9.93. The highest BCUT2D eigenvalue weighted by atomic mass is 32.2. The van der Waals surface area contributed by atoms with Gasteiger partial charge in [-0.1, -0.05) is 30.0 Å². The van der Waals surface area contributed by atoms with Gasteiger partial charge in [0.2, 0.25) is 10.3 Å². The largest absolute Gasteiger partial charge is 0.325 e. The number of anilines is 2. The summed E-state index contributed by atoms with van der Waals surface area (Å²) in [5.74, 6) is 0. The van der Waals surface area contributed by atoms with Gasteiger partial charge < -0.3 is 5.32 Å². The van der Waals surface area contributed by atoms with Gasteiger partial charge in [0.1, 0.15) is 0 Å². The van der Waals surface area contributed by atoms with Crippen molar-refractivity contribution in [3.05, 3.63) is 29.8 Å². The summed E-state index contributed by atoms with van der Waals surface area (Å²) in [6.45, 7) is 1.94. The lowest BCUT2D eigenvalue weighted by atomic mass is 10.2. The first-order chi connectivity index (χ1) is 8.69. The molecule has 94 valence electrons. The third-order valence-electron chi connectivity index (χ3n) is 2.20. The van der Waals surface area contributed by atoms with Crippen LogP contribution in [-0.4, -0.2) is 21.6 Å². The van der Waals surface area contributed by atoms with Crippen molar-refractivity contribution in [2.75, 3.05) is 16.9 Å². The topological polar surface area (TPSA) is 66.9 Å². The summed E-state index contributed by atoms with van der Waals surface area (Å²) >= 11 is 2.60. The van der Waals surface area contributed by atoms with E-state index in [0.717, 1.165) is 22.8 Å². The molecule has 0 unspecified atom stereocenters. The molecule has 18 heavy (non-hydrogen) atoms. The molecule has 2 amide bonds. The number of hydrogen-bond donors (Lipinski definition) is 2. The Hall–Kier alpha value is -1.60. The number of aromatic nitrogens is 2. The standard InChI is InChI=1S/C11H12N4OS2/c1-7-5-3-4-6-8(7)12-9(16)13-10-14-11(17-2)15-18-10/h3-6H,1-2H3,(H2,12,13,14,15,16). The number of urea groups is 1. The Balaban J connectivity index is 1.99. The van der Waals surface area contributed by atoms with Gasteiger partial charge in [-0.05, 0) is 24.8 Å². The van der Waals surface area contributed by atoms with E-state index >= 15 is 0 Å². The first kappa shape index (κ1) is 12.8. The van der Waals surface area contributed by atoms with Gasteiger partial charge in [-0.25, -0.2) is 4.79 Å². The molecule has 0 aliphatic carbocycles. The molecule has 0 aliphatic heterocycles. The molecule has 1 aromatic carbocycles. The van der Waals surface area contributed by atoms with E-state index in [1.54, 1.807) is 0 Å². The maximum atomic E-state index is 11.7. The number of para-hydroxylation sites is 1. The molecule has 2 aromatic rings. The van der Waals surface area contributed by atoms with Crippen LogP contribution in [0.1, 0.15) is 5.56 Å². The van der Waals surface area contributed by atoms with Gasteiger partial charge in [-0.3, -0.25) is 5.32 Å². The SMILES string of the molecule is CSc1nsc(NC(=O)Nc2ccccc2C)n1. The van der Waals surface area contributed by atoms with Crippen molar-refractivity contribution in [3.63, 3.8) is 0 Å². The Morgan fingerprint density at radius 3 is 2.78 bits per heavy atom. The molecule has 0 atom stereocenters. The summed E-state index contributed by atoms with van der Waals surface area (Å²) in [6.07, 6.45) is 1.89. The highest BCUT2D eigenvalue weighted by Crippen LogP contribution is 2.18. The molecule has 0 aliphatic rings. The van der Waals surface area contributed by atoms with Crippen LogP contribution in [0.3, 0.4) is 0 Å². The van der Waals surface area contributed by atoms with Gasteiger partial charge in [0.25, 0.3) is 0 Å². The lowest BCUT2D eigenvalue weighted by molar-refractivity contribution is 0.262. The Labute approximate surface area is 113 Å². The van der Waals surface area contributed by atoms with E-state index in [1.165, 1.54) is 11.8 Å². The molecule has 2 rings (SSSR count). The normalized spacial score (nSPS) is 10.1. The molecular weight excluding hydrogens is 268 g/mol. The van der Waals surface area contributed by atoms with E-state index in [2.05, 4.69) is 20.0 Å². The van der Waals surface area contributed by atoms with Crippen molar-refractivity contribution < 1.29 is 4.79 Å². The highest BCUT2D eigenvalue weighted by Gasteiger charge is 2.08. The molecule has 2 N–H and O–H groups in total. The highest BCUT2D eigenvalue weighted by molar-refractivity contribution is 7.98. The van der Waals surface area contributed by atoms with E-state index in [4.69, 9.17) is 0 Å². The van der Waals surface area contributed by atoms with Crippen LogP contribution >= 0.6 is 23.3 Å². The average Bonchev–Trinajstić information content (AvgIpc) is 2.80. The smallest absolute Gasteiger partial charge is 0.307 e. The summed E-state index contributed by atoms with van der Waals surface area (Å²) in [4.78, 5) is 15.9. The second-order valence-corrected chi connectivity index (χ2v) is 5.01. The third-order valence-corrected chi connectivity index (χ3v) is 3.50. The van der Waals surface area contributed by atoms with Crippen LogP contribution < -0.4 is 10.6 Å². The first-order valence-corrected chi connectivity index (χ1v) is 7.20. The zero-order valence-corrected chi connectivity index (χ0v) is 11.6. The third kappa shape index (κ3) is 3.21. The molecule has 0 bridgehead atoms. The van der Waals surface area contributed by atoms with Crippen LogP contribution in [-0.2, 0) is 0 Å². The summed E-state index contributed by atoms with van der Waals surface area (Å²) in [6, 6.07) is 7.27. The van der Waals surface area contributed by atoms with Crippen molar-refractivity contribution in [3.8, 4) is 0 Å². The van der Waals surface area contributed by atoms with Gasteiger partial charge in [0.05, 0.1) is 0 Å². The maximum absolute atomic E-state index is 11.7. The minimum Gasteiger partial charge on any atom is -0.307 e. The van der Waals surface area contributed by atoms with Gasteiger partial charge in [0.15, 0.2) is 0 Å². The van der Waals surface area contributed by atoms with Gasteiger partial charge in [-0.2, -0.15) is 9.36 Å². The second kappa shape index (κ2) is 5.83. The number of rotatable bonds is 3. The Kier molecular flexibility index (Phi) is 4.16. The number of thioether (sulfide) groups is 1. The molecule has 0 saturated carbocycles. The fourth-order valence-corrected chi connectivity index (χ4v) is 2.43. The van der Waals surface area contributed by atoms with Crippen LogP contribution in [0, 0.1) is 6.92 Å². The van der Waals surface area contributed by atoms with E-state index in [9.17, 15) is 4.79 Å². The molecule has 0 saturated heterocycles. The van der Waals surface area contributed by atoms with E-state index in [1.807, 2.05) is 37.4 Å². The molecule has 5 nitrogen and oxygen atoms in total. The summed E-state index contributed by atoms with van der Waals surface area (Å²) in [5, 5.41) is 6.57. The Morgan fingerprint density at radius 1 is 1.33 bits per heavy atom. The number of nitrogens with zero attached hydrogens (tertiary/aromatic N) is 2. The Morgan fingerprint density at radius 2 is 2.11 bits per heavy atom. The van der Waals surface area contributed by atoms with E-state index in [0.29, 0.717) is 10.3 Å². The number of aryl methyl sites for hydroxylation is 1. The lowest BCUT2D eigenvalue weighted by Gasteiger charge is -2.07. The van der Waals surface area contributed by atoms with Crippen LogP contribution in [0.4, 0.5) is 15.6 Å². The van der Waals surface area contributed by atoms with Gasteiger partial charge in [0, 0.05) is 17.2 Å². The van der Waals surface area contributed by atoms with Crippen molar-refractivity contribution in [1.29, 1.82) is 0 Å². The van der Waals surface area contributed by atoms with Crippen molar-refractivity contribution in [2.45, 2.75) is 12.1 Å². The minimum atomic E-state index is -0.312. The Bertz CT molecular complexity index is 555. The van der Waals surface area contributed by atoms with Crippen molar-refractivity contribution >= 4 is 40.1 Å². The van der Waals surface area contributed by atoms with Gasteiger partial charge >= 0.3 is 6.03 Å². The van der Waals surface area contributed by atoms with Gasteiger partial charge in [-0.15, -0.1) is 0 Å². The average molecular weight is 280 g/mol. The monoisotopic (exact) mass is 280 g/mol. The number of carbonyl (C=O) groups is 1. The van der Waals surface area contributed by atoms with Crippen LogP contribution in [0.15, 0.2) is 29.4 Å². The van der Waals surface area contributed by atoms with Crippen LogP contribution in [0.5, 0.6) is 0 Å². The predicted molar refractivity (Wildman–Crippen MR) is 75.5 cm³/mol. The number of hydrogen-bond acceptors (Lipinski definition) is 5. The van der Waals surface area contributed by atoms with Crippen molar-refractivity contribution in [1.82, 2.24) is 9.36 Å². The molecule has 7 heteroatoms. The molecule has 1 aromatic heterocycles. The van der Waals surface area contributed by atoms with Crippen molar-refractivity contribution in [2.24, 2.45) is 0 Å². The molecular formula is C11H12N4OS2. The molecule has 0 radical (unpaired) electrons. The maximum Gasteiger partial charge on any atom is 0.325 e. The summed E-state index contributed by atoms with van der Waals surface area (Å²) in [7, 11) is 0. The number of nitrogens with one attached hydrogen (secondary N) is 2. The van der Waals surface area contributed by atoms with Crippen LogP contribution in [0.2, 0.25) is 0 Å². The fourth-order valence-electron chi connectivity index (χ4n) is 1.31. The quantitative estimate of drug-likeness (QED) is 0.847.